The quantitative estimate of drug-likeness (QED) is 0.851. The summed E-state index contributed by atoms with van der Waals surface area (Å²) in [5.41, 5.74) is 6.54. The Labute approximate surface area is 118 Å². The Kier molecular flexibility index (Phi) is 4.32. The molecule has 0 aliphatic carbocycles. The summed E-state index contributed by atoms with van der Waals surface area (Å²) in [6.07, 6.45) is 3.37. The zero-order valence-electron chi connectivity index (χ0n) is 9.76. The van der Waals surface area contributed by atoms with Gasteiger partial charge in [0.15, 0.2) is 0 Å². The lowest BCUT2D eigenvalue weighted by Crippen LogP contribution is -1.98. The standard InChI is InChI=1S/C12H12IN3O2/c1-17-10-2-8(5-14)3-11(4-10)18-12-15-6-9(13)7-16-12/h2-4,6-7H,5,14H2,1H3. The van der Waals surface area contributed by atoms with E-state index in [1.165, 1.54) is 0 Å². The predicted molar refractivity (Wildman–Crippen MR) is 75.7 cm³/mol. The SMILES string of the molecule is COc1cc(CN)cc(Oc2ncc(I)cn2)c1. The Morgan fingerprint density at radius 1 is 1.17 bits per heavy atom. The molecule has 1 aromatic carbocycles. The summed E-state index contributed by atoms with van der Waals surface area (Å²) in [4.78, 5) is 8.14. The van der Waals surface area contributed by atoms with Crippen LogP contribution in [0.4, 0.5) is 0 Å². The Bertz CT molecular complexity index is 509. The van der Waals surface area contributed by atoms with Gasteiger partial charge >= 0.3 is 6.01 Å². The summed E-state index contributed by atoms with van der Waals surface area (Å²) in [7, 11) is 1.60. The van der Waals surface area contributed by atoms with Crippen molar-refractivity contribution >= 4 is 22.6 Å². The molecule has 6 heteroatoms. The van der Waals surface area contributed by atoms with Gasteiger partial charge in [0.25, 0.3) is 0 Å². The van der Waals surface area contributed by atoms with Crippen molar-refractivity contribution < 1.29 is 9.47 Å². The van der Waals surface area contributed by atoms with Crippen LogP contribution in [0.5, 0.6) is 17.5 Å². The van der Waals surface area contributed by atoms with E-state index >= 15 is 0 Å². The maximum Gasteiger partial charge on any atom is 0.321 e. The van der Waals surface area contributed by atoms with Crippen LogP contribution < -0.4 is 15.2 Å². The number of rotatable bonds is 4. The van der Waals surface area contributed by atoms with Gasteiger partial charge in [-0.25, -0.2) is 9.97 Å². The van der Waals surface area contributed by atoms with E-state index in [4.69, 9.17) is 15.2 Å². The molecule has 1 aromatic heterocycles. The van der Waals surface area contributed by atoms with Gasteiger partial charge in [0, 0.05) is 28.6 Å². The van der Waals surface area contributed by atoms with Gasteiger partial charge in [-0.05, 0) is 40.3 Å². The van der Waals surface area contributed by atoms with Crippen LogP contribution in [0.3, 0.4) is 0 Å². The van der Waals surface area contributed by atoms with Gasteiger partial charge in [0.1, 0.15) is 11.5 Å². The molecule has 18 heavy (non-hydrogen) atoms. The lowest BCUT2D eigenvalue weighted by atomic mass is 10.2. The fourth-order valence-electron chi connectivity index (χ4n) is 1.38. The van der Waals surface area contributed by atoms with Crippen LogP contribution in [0, 0.1) is 3.57 Å². The van der Waals surface area contributed by atoms with Gasteiger partial charge in [-0.15, -0.1) is 0 Å². The van der Waals surface area contributed by atoms with Crippen molar-refractivity contribution in [1.82, 2.24) is 9.97 Å². The van der Waals surface area contributed by atoms with E-state index < -0.39 is 0 Å². The molecule has 0 aliphatic rings. The second-order valence-electron chi connectivity index (χ2n) is 3.51. The van der Waals surface area contributed by atoms with Crippen LogP contribution in [-0.2, 0) is 6.54 Å². The Balaban J connectivity index is 2.25. The smallest absolute Gasteiger partial charge is 0.321 e. The Hall–Kier alpha value is -1.41. The number of nitrogens with zero attached hydrogens (tertiary/aromatic N) is 2. The van der Waals surface area contributed by atoms with Crippen molar-refractivity contribution in [2.24, 2.45) is 5.73 Å². The number of ether oxygens (including phenoxy) is 2. The van der Waals surface area contributed by atoms with Gasteiger partial charge in [-0.1, -0.05) is 0 Å². The second-order valence-corrected chi connectivity index (χ2v) is 4.75. The van der Waals surface area contributed by atoms with Crippen molar-refractivity contribution in [3.05, 3.63) is 39.7 Å². The number of methoxy groups -OCH3 is 1. The highest BCUT2D eigenvalue weighted by atomic mass is 127. The van der Waals surface area contributed by atoms with Crippen molar-refractivity contribution in [2.45, 2.75) is 6.54 Å². The molecule has 2 N–H and O–H groups in total. The number of benzene rings is 1. The van der Waals surface area contributed by atoms with Crippen molar-refractivity contribution in [1.29, 1.82) is 0 Å². The first-order valence-corrected chi connectivity index (χ1v) is 6.32. The average Bonchev–Trinajstić information content (AvgIpc) is 2.41. The van der Waals surface area contributed by atoms with E-state index in [0.717, 1.165) is 9.13 Å². The monoisotopic (exact) mass is 357 g/mol. The third kappa shape index (κ3) is 3.30. The number of halogens is 1. The fourth-order valence-corrected chi connectivity index (χ4v) is 1.66. The maximum atomic E-state index is 5.61. The molecule has 2 rings (SSSR count). The van der Waals surface area contributed by atoms with Gasteiger partial charge in [-0.2, -0.15) is 0 Å². The molecule has 0 unspecified atom stereocenters. The molecule has 2 aromatic rings. The first kappa shape index (κ1) is 13.0. The fraction of sp³-hybridized carbons (Fsp3) is 0.167. The molecule has 94 valence electrons. The van der Waals surface area contributed by atoms with E-state index in [1.807, 2.05) is 12.1 Å². The lowest BCUT2D eigenvalue weighted by Gasteiger charge is -2.08. The third-order valence-corrected chi connectivity index (χ3v) is 2.77. The number of nitrogens with two attached hydrogens (primary N) is 1. The highest BCUT2D eigenvalue weighted by molar-refractivity contribution is 14.1. The summed E-state index contributed by atoms with van der Waals surface area (Å²) < 4.78 is 11.7. The minimum atomic E-state index is 0.298. The molecule has 0 bridgehead atoms. The van der Waals surface area contributed by atoms with Gasteiger partial charge in [0.05, 0.1) is 7.11 Å². The van der Waals surface area contributed by atoms with Crippen LogP contribution in [0.1, 0.15) is 5.56 Å². The van der Waals surface area contributed by atoms with E-state index in [1.54, 1.807) is 25.6 Å². The first-order valence-electron chi connectivity index (χ1n) is 5.24. The summed E-state index contributed by atoms with van der Waals surface area (Å²) in [6.45, 7) is 0.418. The molecular weight excluding hydrogens is 345 g/mol. The largest absolute Gasteiger partial charge is 0.497 e. The zero-order chi connectivity index (χ0) is 13.0. The van der Waals surface area contributed by atoms with Crippen molar-refractivity contribution in [2.75, 3.05) is 7.11 Å². The van der Waals surface area contributed by atoms with E-state index in [-0.39, 0.29) is 0 Å². The molecule has 0 spiro atoms. The zero-order valence-corrected chi connectivity index (χ0v) is 11.9. The second kappa shape index (κ2) is 5.96. The Morgan fingerprint density at radius 2 is 1.83 bits per heavy atom. The molecule has 0 saturated carbocycles. The van der Waals surface area contributed by atoms with Gasteiger partial charge in [0.2, 0.25) is 0 Å². The molecule has 0 radical (unpaired) electrons. The summed E-state index contributed by atoms with van der Waals surface area (Å²) >= 11 is 2.13. The molecule has 5 nitrogen and oxygen atoms in total. The van der Waals surface area contributed by atoms with Crippen LogP contribution in [0.15, 0.2) is 30.6 Å². The van der Waals surface area contributed by atoms with Crippen molar-refractivity contribution in [3.63, 3.8) is 0 Å². The van der Waals surface area contributed by atoms with Crippen LogP contribution >= 0.6 is 22.6 Å². The normalized spacial score (nSPS) is 10.2. The summed E-state index contributed by atoms with van der Waals surface area (Å²) in [5, 5.41) is 0. The molecule has 0 aliphatic heterocycles. The lowest BCUT2D eigenvalue weighted by molar-refractivity contribution is 0.403. The average molecular weight is 357 g/mol. The highest BCUT2D eigenvalue weighted by Crippen LogP contribution is 2.25. The van der Waals surface area contributed by atoms with E-state index in [0.29, 0.717) is 24.1 Å². The minimum Gasteiger partial charge on any atom is -0.497 e. The maximum absolute atomic E-state index is 5.61. The minimum absolute atomic E-state index is 0.298. The summed E-state index contributed by atoms with van der Waals surface area (Å²) in [6, 6.07) is 5.76. The Morgan fingerprint density at radius 3 is 2.44 bits per heavy atom. The van der Waals surface area contributed by atoms with Crippen molar-refractivity contribution in [3.8, 4) is 17.5 Å². The molecule has 1 heterocycles. The van der Waals surface area contributed by atoms with Gasteiger partial charge < -0.3 is 15.2 Å². The molecule has 0 fully saturated rings. The van der Waals surface area contributed by atoms with Gasteiger partial charge in [-0.3, -0.25) is 0 Å². The molecule has 0 saturated heterocycles. The van der Waals surface area contributed by atoms with E-state index in [2.05, 4.69) is 32.6 Å². The van der Waals surface area contributed by atoms with Crippen LogP contribution in [-0.4, -0.2) is 17.1 Å². The third-order valence-electron chi connectivity index (χ3n) is 2.22. The van der Waals surface area contributed by atoms with Crippen LogP contribution in [0.2, 0.25) is 0 Å². The van der Waals surface area contributed by atoms with Crippen LogP contribution in [0.25, 0.3) is 0 Å². The molecule has 0 amide bonds. The number of hydrogen-bond acceptors (Lipinski definition) is 5. The topological polar surface area (TPSA) is 70.3 Å². The number of hydrogen-bond donors (Lipinski definition) is 1. The van der Waals surface area contributed by atoms with E-state index in [9.17, 15) is 0 Å². The molecule has 0 atom stereocenters. The highest BCUT2D eigenvalue weighted by Gasteiger charge is 2.04. The predicted octanol–water partition coefficient (Wildman–Crippen LogP) is 2.34. The molecular formula is C12H12IN3O2. The number of aromatic nitrogens is 2. The first-order chi connectivity index (χ1) is 8.71. The summed E-state index contributed by atoms with van der Waals surface area (Å²) in [5.74, 6) is 1.30.